The van der Waals surface area contributed by atoms with Gasteiger partial charge in [0.05, 0.1) is 12.7 Å². The van der Waals surface area contributed by atoms with E-state index in [1.807, 2.05) is 6.92 Å². The van der Waals surface area contributed by atoms with Gasteiger partial charge in [0.25, 0.3) is 0 Å². The molecule has 1 N–H and O–H groups in total. The number of hydrogen-bond donors (Lipinski definition) is 1. The van der Waals surface area contributed by atoms with E-state index in [0.29, 0.717) is 13.2 Å². The van der Waals surface area contributed by atoms with Crippen molar-refractivity contribution in [2.45, 2.75) is 44.2 Å². The molecule has 0 bridgehead atoms. The Kier molecular flexibility index (Phi) is 5.65. The van der Waals surface area contributed by atoms with Gasteiger partial charge < -0.3 is 9.47 Å². The van der Waals surface area contributed by atoms with Crippen LogP contribution in [-0.2, 0) is 14.3 Å². The van der Waals surface area contributed by atoms with Crippen LogP contribution in [0.3, 0.4) is 0 Å². The summed E-state index contributed by atoms with van der Waals surface area (Å²) in [6.45, 7) is 6.55. The Hall–Kier alpha value is -0.870. The van der Waals surface area contributed by atoms with Crippen LogP contribution in [0.5, 0.6) is 0 Å². The molecule has 1 saturated carbocycles. The number of carbonyl (C=O) groups excluding carboxylic acids is 1. The number of esters is 1. The Morgan fingerprint density at radius 1 is 1.53 bits per heavy atom. The van der Waals surface area contributed by atoms with Gasteiger partial charge in [-0.3, -0.25) is 10.1 Å². The predicted octanol–water partition coefficient (Wildman–Crippen LogP) is 1.65. The first-order chi connectivity index (χ1) is 8.18. The van der Waals surface area contributed by atoms with Crippen molar-refractivity contribution in [3.63, 3.8) is 0 Å². The fourth-order valence-corrected chi connectivity index (χ4v) is 2.31. The number of carbonyl (C=O) groups is 1. The van der Waals surface area contributed by atoms with Gasteiger partial charge in [0, 0.05) is 13.7 Å². The molecule has 0 atom stereocenters. The summed E-state index contributed by atoms with van der Waals surface area (Å²) in [5.41, 5.74) is -0.542. The third-order valence-corrected chi connectivity index (χ3v) is 3.37. The normalized spacial score (nSPS) is 28.7. The van der Waals surface area contributed by atoms with Gasteiger partial charge in [0.15, 0.2) is 0 Å². The smallest absolute Gasteiger partial charge is 0.326 e. The van der Waals surface area contributed by atoms with Crippen LogP contribution < -0.4 is 5.32 Å². The van der Waals surface area contributed by atoms with Gasteiger partial charge in [-0.2, -0.15) is 0 Å². The summed E-state index contributed by atoms with van der Waals surface area (Å²) in [6.07, 6.45) is 5.33. The molecule has 0 aromatic heterocycles. The highest BCUT2D eigenvalue weighted by Gasteiger charge is 2.42. The molecule has 0 spiro atoms. The summed E-state index contributed by atoms with van der Waals surface area (Å²) >= 11 is 0. The highest BCUT2D eigenvalue weighted by atomic mass is 16.5. The Labute approximate surface area is 103 Å². The van der Waals surface area contributed by atoms with Crippen molar-refractivity contribution in [1.29, 1.82) is 0 Å². The minimum atomic E-state index is -0.542. The summed E-state index contributed by atoms with van der Waals surface area (Å²) in [5, 5.41) is 3.27. The van der Waals surface area contributed by atoms with E-state index in [4.69, 9.17) is 9.47 Å². The van der Waals surface area contributed by atoms with Crippen molar-refractivity contribution in [3.05, 3.63) is 12.7 Å². The maximum absolute atomic E-state index is 12.1. The molecule has 4 nitrogen and oxygen atoms in total. The number of methoxy groups -OCH3 is 1. The lowest BCUT2D eigenvalue weighted by Crippen LogP contribution is -2.55. The number of rotatable bonds is 6. The molecule has 0 heterocycles. The van der Waals surface area contributed by atoms with Crippen LogP contribution in [-0.4, -0.2) is 37.9 Å². The van der Waals surface area contributed by atoms with E-state index in [1.165, 1.54) is 0 Å². The van der Waals surface area contributed by atoms with Gasteiger partial charge in [-0.05, 0) is 32.6 Å². The largest absolute Gasteiger partial charge is 0.465 e. The van der Waals surface area contributed by atoms with Crippen LogP contribution in [0, 0.1) is 0 Å². The average Bonchev–Trinajstić information content (AvgIpc) is 2.37. The fourth-order valence-electron chi connectivity index (χ4n) is 2.31. The summed E-state index contributed by atoms with van der Waals surface area (Å²) in [4.78, 5) is 12.1. The van der Waals surface area contributed by atoms with Crippen LogP contribution in [0.4, 0.5) is 0 Å². The van der Waals surface area contributed by atoms with Crippen molar-refractivity contribution >= 4 is 5.97 Å². The first-order valence-electron chi connectivity index (χ1n) is 6.24. The number of nitrogens with one attached hydrogen (secondary N) is 1. The summed E-state index contributed by atoms with van der Waals surface area (Å²) in [7, 11) is 1.72. The third kappa shape index (κ3) is 3.54. The molecule has 0 aliphatic heterocycles. The van der Waals surface area contributed by atoms with E-state index in [-0.39, 0.29) is 12.1 Å². The molecule has 1 aliphatic rings. The van der Waals surface area contributed by atoms with Crippen molar-refractivity contribution < 1.29 is 14.3 Å². The number of ether oxygens (including phenoxy) is 2. The molecule has 0 saturated heterocycles. The maximum atomic E-state index is 12.1. The lowest BCUT2D eigenvalue weighted by atomic mass is 9.80. The zero-order valence-corrected chi connectivity index (χ0v) is 10.8. The first-order valence-corrected chi connectivity index (χ1v) is 6.24. The molecule has 4 heteroatoms. The third-order valence-electron chi connectivity index (χ3n) is 3.37. The second kappa shape index (κ2) is 6.77. The zero-order valence-electron chi connectivity index (χ0n) is 10.8. The van der Waals surface area contributed by atoms with Crippen molar-refractivity contribution in [3.8, 4) is 0 Å². The van der Waals surface area contributed by atoms with E-state index in [9.17, 15) is 4.79 Å². The van der Waals surface area contributed by atoms with Gasteiger partial charge in [0.1, 0.15) is 5.54 Å². The van der Waals surface area contributed by atoms with Crippen LogP contribution in [0.15, 0.2) is 12.7 Å². The highest BCUT2D eigenvalue weighted by Crippen LogP contribution is 2.31. The molecule has 1 aliphatic carbocycles. The summed E-state index contributed by atoms with van der Waals surface area (Å²) in [5.74, 6) is -0.142. The van der Waals surface area contributed by atoms with Crippen molar-refractivity contribution in [1.82, 2.24) is 5.32 Å². The maximum Gasteiger partial charge on any atom is 0.326 e. The molecule has 0 radical (unpaired) electrons. The molecule has 1 fully saturated rings. The van der Waals surface area contributed by atoms with Crippen molar-refractivity contribution in [2.75, 3.05) is 20.3 Å². The molecule has 0 aromatic carbocycles. The lowest BCUT2D eigenvalue weighted by Gasteiger charge is -2.38. The number of hydrogen-bond acceptors (Lipinski definition) is 4. The second-order valence-corrected chi connectivity index (χ2v) is 4.41. The summed E-state index contributed by atoms with van der Waals surface area (Å²) in [6, 6.07) is 0. The van der Waals surface area contributed by atoms with E-state index in [0.717, 1.165) is 25.7 Å². The van der Waals surface area contributed by atoms with E-state index >= 15 is 0 Å². The highest BCUT2D eigenvalue weighted by molar-refractivity contribution is 5.81. The van der Waals surface area contributed by atoms with Crippen molar-refractivity contribution in [2.24, 2.45) is 0 Å². The SMILES string of the molecule is C=CCNC1(C(=O)OCC)CCC(OC)CC1. The van der Waals surface area contributed by atoms with Crippen LogP contribution in [0.25, 0.3) is 0 Å². The molecule has 17 heavy (non-hydrogen) atoms. The minimum absolute atomic E-state index is 0.142. The molecular formula is C13H23NO3. The predicted molar refractivity (Wildman–Crippen MR) is 66.8 cm³/mol. The van der Waals surface area contributed by atoms with Gasteiger partial charge in [-0.25, -0.2) is 0 Å². The van der Waals surface area contributed by atoms with E-state index in [2.05, 4.69) is 11.9 Å². The molecule has 0 amide bonds. The molecule has 1 rings (SSSR count). The van der Waals surface area contributed by atoms with E-state index < -0.39 is 5.54 Å². The van der Waals surface area contributed by atoms with Gasteiger partial charge in [-0.1, -0.05) is 6.08 Å². The Balaban J connectivity index is 2.66. The average molecular weight is 241 g/mol. The molecular weight excluding hydrogens is 218 g/mol. The quantitative estimate of drug-likeness (QED) is 0.567. The zero-order chi connectivity index (χ0) is 12.7. The molecule has 0 unspecified atom stereocenters. The molecule has 98 valence electrons. The lowest BCUT2D eigenvalue weighted by molar-refractivity contribution is -0.153. The summed E-state index contributed by atoms with van der Waals surface area (Å²) < 4.78 is 10.5. The Morgan fingerprint density at radius 2 is 2.18 bits per heavy atom. The Morgan fingerprint density at radius 3 is 2.65 bits per heavy atom. The molecule has 0 aromatic rings. The van der Waals surface area contributed by atoms with Gasteiger partial charge in [0.2, 0.25) is 0 Å². The first kappa shape index (κ1) is 14.2. The second-order valence-electron chi connectivity index (χ2n) is 4.41. The van der Waals surface area contributed by atoms with Crippen LogP contribution >= 0.6 is 0 Å². The van der Waals surface area contributed by atoms with Gasteiger partial charge >= 0.3 is 5.97 Å². The monoisotopic (exact) mass is 241 g/mol. The van der Waals surface area contributed by atoms with Gasteiger partial charge in [-0.15, -0.1) is 6.58 Å². The standard InChI is InChI=1S/C13H23NO3/c1-4-10-14-13(12(15)17-5-2)8-6-11(16-3)7-9-13/h4,11,14H,1,5-10H2,2-3H3. The topological polar surface area (TPSA) is 47.6 Å². The van der Waals surface area contributed by atoms with Crippen LogP contribution in [0.2, 0.25) is 0 Å². The fraction of sp³-hybridized carbons (Fsp3) is 0.769. The minimum Gasteiger partial charge on any atom is -0.465 e. The van der Waals surface area contributed by atoms with Crippen LogP contribution in [0.1, 0.15) is 32.6 Å². The van der Waals surface area contributed by atoms with E-state index in [1.54, 1.807) is 13.2 Å². The Bertz CT molecular complexity index is 257.